The maximum absolute atomic E-state index is 8.00. The van der Waals surface area contributed by atoms with Gasteiger partial charge in [-0.1, -0.05) is 48.0 Å². The average molecular weight is 367 g/mol. The molecule has 0 heterocycles. The Morgan fingerprint density at radius 1 is 1.23 bits per heavy atom. The average Bonchev–Trinajstić information content (AvgIpc) is 2.63. The van der Waals surface area contributed by atoms with Gasteiger partial charge in [0, 0.05) is 25.3 Å². The van der Waals surface area contributed by atoms with Crippen molar-refractivity contribution < 1.29 is 9.53 Å². The maximum Gasteiger partial charge on any atom is 0.119 e. The first kappa shape index (κ1) is 26.7. The lowest BCUT2D eigenvalue weighted by Gasteiger charge is -2.27. The zero-order chi connectivity index (χ0) is 19.2. The zero-order valence-corrected chi connectivity index (χ0v) is 16.8. The van der Waals surface area contributed by atoms with E-state index in [2.05, 4.69) is 50.1 Å². The molecule has 1 aromatic carbocycles. The van der Waals surface area contributed by atoms with Gasteiger partial charge in [0.25, 0.3) is 0 Å². The Kier molecular flexibility index (Phi) is 16.1. The smallest absolute Gasteiger partial charge is 0.119 e. The van der Waals surface area contributed by atoms with Crippen LogP contribution < -0.4 is 15.4 Å². The van der Waals surface area contributed by atoms with Gasteiger partial charge in [-0.05, 0) is 48.9 Å². The molecular formula is C22H42N2O2. The normalized spacial score (nSPS) is 14.8. The molecular weight excluding hydrogens is 324 g/mol. The number of carbonyl (C=O) groups is 1. The molecule has 0 amide bonds. The Morgan fingerprint density at radius 3 is 2.19 bits per heavy atom. The van der Waals surface area contributed by atoms with E-state index in [4.69, 9.17) is 15.3 Å². The second-order valence-electron chi connectivity index (χ2n) is 6.53. The molecule has 1 unspecified atom stereocenters. The molecule has 4 nitrogen and oxygen atoms in total. The summed E-state index contributed by atoms with van der Waals surface area (Å²) in [7, 11) is 2.10. The standard InChI is InChI=1S/C18H30N2O.C2H6.CH2O.CH4/c1-4-14(2)18(19)12-20(3)16-8-10-17(11-9-16)21-13-15-6-5-7-15;2*1-2;/h8-11,14-15,18H,4-7,12-13,19H2,1-3H3;1-2H3;1H2;1H4/t14-,18?;;;/m0.../s1. The summed E-state index contributed by atoms with van der Waals surface area (Å²) >= 11 is 0. The molecule has 1 saturated carbocycles. The Hall–Kier alpha value is -1.55. The highest BCUT2D eigenvalue weighted by atomic mass is 16.5. The molecule has 0 aromatic heterocycles. The summed E-state index contributed by atoms with van der Waals surface area (Å²) in [6.07, 6.45) is 5.15. The van der Waals surface area contributed by atoms with Crippen LogP contribution in [0.25, 0.3) is 0 Å². The van der Waals surface area contributed by atoms with Gasteiger partial charge in [-0.2, -0.15) is 0 Å². The number of hydrogen-bond acceptors (Lipinski definition) is 4. The molecule has 2 rings (SSSR count). The lowest BCUT2D eigenvalue weighted by Crippen LogP contribution is -2.39. The van der Waals surface area contributed by atoms with Gasteiger partial charge < -0.3 is 20.2 Å². The molecule has 152 valence electrons. The third-order valence-electron chi connectivity index (χ3n) is 4.85. The highest BCUT2D eigenvalue weighted by Crippen LogP contribution is 2.27. The number of likely N-dealkylation sites (N-methyl/N-ethyl adjacent to an activating group) is 1. The first-order chi connectivity index (χ1) is 12.1. The molecule has 4 heteroatoms. The number of rotatable bonds is 8. The predicted octanol–water partition coefficient (Wildman–Crippen LogP) is 5.15. The van der Waals surface area contributed by atoms with Crippen molar-refractivity contribution >= 4 is 12.5 Å². The van der Waals surface area contributed by atoms with Crippen LogP contribution >= 0.6 is 0 Å². The van der Waals surface area contributed by atoms with E-state index >= 15 is 0 Å². The molecule has 0 bridgehead atoms. The summed E-state index contributed by atoms with van der Waals surface area (Å²) in [4.78, 5) is 10.2. The van der Waals surface area contributed by atoms with Crippen molar-refractivity contribution in [1.29, 1.82) is 0 Å². The van der Waals surface area contributed by atoms with Gasteiger partial charge in [-0.25, -0.2) is 0 Å². The first-order valence-corrected chi connectivity index (χ1v) is 9.58. The fourth-order valence-electron chi connectivity index (χ4n) is 2.57. The van der Waals surface area contributed by atoms with Crippen LogP contribution in [0.3, 0.4) is 0 Å². The monoisotopic (exact) mass is 366 g/mol. The quantitative estimate of drug-likeness (QED) is 0.691. The highest BCUT2D eigenvalue weighted by molar-refractivity contribution is 5.48. The van der Waals surface area contributed by atoms with E-state index in [9.17, 15) is 0 Å². The molecule has 0 saturated heterocycles. The summed E-state index contributed by atoms with van der Waals surface area (Å²) in [6.45, 7) is 12.2. The minimum Gasteiger partial charge on any atom is -0.493 e. The van der Waals surface area contributed by atoms with Crippen molar-refractivity contribution in [3.05, 3.63) is 24.3 Å². The van der Waals surface area contributed by atoms with Gasteiger partial charge in [0.2, 0.25) is 0 Å². The molecule has 1 aromatic rings. The summed E-state index contributed by atoms with van der Waals surface area (Å²) in [5.74, 6) is 2.31. The van der Waals surface area contributed by atoms with Crippen LogP contribution in [0, 0.1) is 11.8 Å². The van der Waals surface area contributed by atoms with Crippen molar-refractivity contribution in [3.8, 4) is 5.75 Å². The Morgan fingerprint density at radius 2 is 1.77 bits per heavy atom. The number of carbonyl (C=O) groups excluding carboxylic acids is 1. The Bertz CT molecular complexity index is 432. The minimum atomic E-state index is 0. The maximum atomic E-state index is 8.00. The SMILES string of the molecule is C.C=O.CC.CC[C@H](C)C(N)CN(C)c1ccc(OCC2CCC2)cc1. The molecule has 0 radical (unpaired) electrons. The number of nitrogens with two attached hydrogens (primary N) is 1. The van der Waals surface area contributed by atoms with Gasteiger partial charge in [0.1, 0.15) is 12.5 Å². The van der Waals surface area contributed by atoms with Crippen molar-refractivity contribution in [2.75, 3.05) is 25.1 Å². The van der Waals surface area contributed by atoms with Crippen LogP contribution in [0.15, 0.2) is 24.3 Å². The van der Waals surface area contributed by atoms with Crippen LogP contribution in [0.2, 0.25) is 0 Å². The lowest BCUT2D eigenvalue weighted by atomic mass is 9.86. The largest absolute Gasteiger partial charge is 0.493 e. The van der Waals surface area contributed by atoms with E-state index in [-0.39, 0.29) is 13.5 Å². The van der Waals surface area contributed by atoms with E-state index in [1.807, 2.05) is 20.6 Å². The molecule has 26 heavy (non-hydrogen) atoms. The molecule has 0 aliphatic heterocycles. The van der Waals surface area contributed by atoms with E-state index in [1.165, 1.54) is 24.9 Å². The summed E-state index contributed by atoms with van der Waals surface area (Å²) < 4.78 is 5.84. The van der Waals surface area contributed by atoms with Gasteiger partial charge >= 0.3 is 0 Å². The number of anilines is 1. The Labute approximate surface area is 162 Å². The van der Waals surface area contributed by atoms with Crippen molar-refractivity contribution in [2.45, 2.75) is 66.8 Å². The van der Waals surface area contributed by atoms with E-state index < -0.39 is 0 Å². The number of hydrogen-bond donors (Lipinski definition) is 1. The number of ether oxygens (including phenoxy) is 1. The Balaban J connectivity index is 0. The summed E-state index contributed by atoms with van der Waals surface area (Å²) in [5, 5.41) is 0. The van der Waals surface area contributed by atoms with Crippen LogP contribution in [-0.2, 0) is 4.79 Å². The van der Waals surface area contributed by atoms with Gasteiger partial charge in [0.05, 0.1) is 6.61 Å². The van der Waals surface area contributed by atoms with Crippen molar-refractivity contribution in [3.63, 3.8) is 0 Å². The van der Waals surface area contributed by atoms with Crippen molar-refractivity contribution in [1.82, 2.24) is 0 Å². The second-order valence-corrected chi connectivity index (χ2v) is 6.53. The molecule has 2 N–H and O–H groups in total. The molecule has 2 atom stereocenters. The summed E-state index contributed by atoms with van der Waals surface area (Å²) in [5.41, 5.74) is 7.43. The fraction of sp³-hybridized carbons (Fsp3) is 0.682. The number of benzene rings is 1. The molecule has 1 fully saturated rings. The topological polar surface area (TPSA) is 55.6 Å². The van der Waals surface area contributed by atoms with Gasteiger partial charge in [0.15, 0.2) is 0 Å². The minimum absolute atomic E-state index is 0. The van der Waals surface area contributed by atoms with Crippen LogP contribution in [-0.4, -0.2) is 33.0 Å². The van der Waals surface area contributed by atoms with Gasteiger partial charge in [-0.15, -0.1) is 0 Å². The lowest BCUT2D eigenvalue weighted by molar-refractivity contribution is -0.0979. The van der Waals surface area contributed by atoms with E-state index in [0.29, 0.717) is 5.92 Å². The van der Waals surface area contributed by atoms with Crippen molar-refractivity contribution in [2.24, 2.45) is 17.6 Å². The third-order valence-corrected chi connectivity index (χ3v) is 4.85. The predicted molar refractivity (Wildman–Crippen MR) is 115 cm³/mol. The molecule has 0 spiro atoms. The van der Waals surface area contributed by atoms with Gasteiger partial charge in [-0.3, -0.25) is 0 Å². The van der Waals surface area contributed by atoms with Crippen LogP contribution in [0.4, 0.5) is 5.69 Å². The molecule has 1 aliphatic carbocycles. The molecule has 1 aliphatic rings. The second kappa shape index (κ2) is 15.7. The van der Waals surface area contributed by atoms with E-state index in [1.54, 1.807) is 0 Å². The summed E-state index contributed by atoms with van der Waals surface area (Å²) in [6, 6.07) is 8.60. The number of nitrogens with zero attached hydrogens (tertiary/aromatic N) is 1. The van der Waals surface area contributed by atoms with E-state index in [0.717, 1.165) is 31.2 Å². The fourth-order valence-corrected chi connectivity index (χ4v) is 2.57. The third kappa shape index (κ3) is 9.23. The van der Waals surface area contributed by atoms with Crippen LogP contribution in [0.1, 0.15) is 60.8 Å². The first-order valence-electron chi connectivity index (χ1n) is 9.58. The highest BCUT2D eigenvalue weighted by Gasteiger charge is 2.18. The zero-order valence-electron chi connectivity index (χ0n) is 16.8. The van der Waals surface area contributed by atoms with Crippen LogP contribution in [0.5, 0.6) is 5.75 Å².